The second-order valence-corrected chi connectivity index (χ2v) is 7.94. The van der Waals surface area contributed by atoms with Crippen LogP contribution in [0.1, 0.15) is 23.7 Å². The predicted molar refractivity (Wildman–Crippen MR) is 121 cm³/mol. The fourth-order valence-electron chi connectivity index (χ4n) is 3.72. The minimum Gasteiger partial charge on any atom is -0.326 e. The summed E-state index contributed by atoms with van der Waals surface area (Å²) in [5, 5.41) is 5.93. The molecule has 0 radical (unpaired) electrons. The molecule has 2 aromatic carbocycles. The summed E-state index contributed by atoms with van der Waals surface area (Å²) in [6, 6.07) is 22.4. The lowest BCUT2D eigenvalue weighted by Gasteiger charge is -2.09. The minimum atomic E-state index is -0.239. The Kier molecular flexibility index (Phi) is 4.75. The van der Waals surface area contributed by atoms with Gasteiger partial charge in [-0.1, -0.05) is 43.3 Å². The topological polar surface area (TPSA) is 75.5 Å². The van der Waals surface area contributed by atoms with Gasteiger partial charge in [-0.05, 0) is 48.7 Å². The molecule has 4 aromatic rings. The summed E-state index contributed by atoms with van der Waals surface area (Å²) in [5.74, 6) is 0.982. The van der Waals surface area contributed by atoms with Gasteiger partial charge in [-0.15, -0.1) is 0 Å². The summed E-state index contributed by atoms with van der Waals surface area (Å²) in [5.41, 5.74) is 3.59. The van der Waals surface area contributed by atoms with Crippen LogP contribution in [0.3, 0.4) is 0 Å². The van der Waals surface area contributed by atoms with E-state index in [1.165, 1.54) is 0 Å². The van der Waals surface area contributed by atoms with Crippen molar-refractivity contribution in [3.8, 4) is 11.3 Å². The smallest absolute Gasteiger partial charge is 0.256 e. The number of nitrogens with zero attached hydrogens (tertiary/aromatic N) is 2. The fraction of sp³-hybridized carbons (Fsp3) is 0.160. The molecular formula is C25H22N4O2. The first-order valence-electron chi connectivity index (χ1n) is 10.3. The molecule has 1 fully saturated rings. The Morgan fingerprint density at radius 3 is 2.35 bits per heavy atom. The van der Waals surface area contributed by atoms with Crippen LogP contribution in [0.4, 0.5) is 11.5 Å². The van der Waals surface area contributed by atoms with Crippen LogP contribution in [-0.2, 0) is 4.79 Å². The average molecular weight is 410 g/mol. The SMILES string of the molecule is CC1CC1C(=O)Nc1ccc(C(=O)Nc2c(-c3ccccc3)nc3ccccn23)cc1. The van der Waals surface area contributed by atoms with Crippen molar-refractivity contribution in [2.24, 2.45) is 11.8 Å². The van der Waals surface area contributed by atoms with E-state index in [9.17, 15) is 9.59 Å². The van der Waals surface area contributed by atoms with Crippen molar-refractivity contribution in [1.82, 2.24) is 9.38 Å². The number of fused-ring (bicyclic) bond motifs is 1. The van der Waals surface area contributed by atoms with Crippen molar-refractivity contribution in [3.63, 3.8) is 0 Å². The molecule has 2 heterocycles. The van der Waals surface area contributed by atoms with Gasteiger partial charge < -0.3 is 10.6 Å². The minimum absolute atomic E-state index is 0.0444. The van der Waals surface area contributed by atoms with Gasteiger partial charge in [0.2, 0.25) is 5.91 Å². The molecule has 1 aliphatic carbocycles. The van der Waals surface area contributed by atoms with Crippen molar-refractivity contribution in [1.29, 1.82) is 0 Å². The quantitative estimate of drug-likeness (QED) is 0.494. The number of amides is 2. The van der Waals surface area contributed by atoms with Crippen LogP contribution < -0.4 is 10.6 Å². The molecule has 154 valence electrons. The molecule has 2 unspecified atom stereocenters. The number of hydrogen-bond donors (Lipinski definition) is 2. The molecule has 0 bridgehead atoms. The Hall–Kier alpha value is -3.93. The summed E-state index contributed by atoms with van der Waals surface area (Å²) >= 11 is 0. The maximum absolute atomic E-state index is 13.0. The number of imidazole rings is 1. The molecule has 1 saturated carbocycles. The Balaban J connectivity index is 1.39. The third kappa shape index (κ3) is 3.80. The van der Waals surface area contributed by atoms with Gasteiger partial charge in [0, 0.05) is 28.9 Å². The van der Waals surface area contributed by atoms with Crippen LogP contribution in [0.2, 0.25) is 0 Å². The summed E-state index contributed by atoms with van der Waals surface area (Å²) < 4.78 is 1.87. The third-order valence-electron chi connectivity index (χ3n) is 5.67. The number of anilines is 2. The van der Waals surface area contributed by atoms with E-state index in [-0.39, 0.29) is 17.7 Å². The highest BCUT2D eigenvalue weighted by Crippen LogP contribution is 2.38. The van der Waals surface area contributed by atoms with Crippen LogP contribution >= 0.6 is 0 Å². The summed E-state index contributed by atoms with van der Waals surface area (Å²) in [4.78, 5) is 29.8. The Morgan fingerprint density at radius 1 is 0.935 bits per heavy atom. The first kappa shape index (κ1) is 19.1. The number of pyridine rings is 1. The zero-order chi connectivity index (χ0) is 21.4. The Bertz CT molecular complexity index is 1260. The molecule has 2 amide bonds. The average Bonchev–Trinajstić information content (AvgIpc) is 3.43. The highest BCUT2D eigenvalue weighted by atomic mass is 16.2. The molecule has 0 spiro atoms. The maximum Gasteiger partial charge on any atom is 0.256 e. The van der Waals surface area contributed by atoms with E-state index in [2.05, 4.69) is 17.6 Å². The summed E-state index contributed by atoms with van der Waals surface area (Å²) in [7, 11) is 0. The predicted octanol–water partition coefficient (Wildman–Crippen LogP) is 4.85. The standard InChI is InChI=1S/C25H22N4O2/c1-16-15-20(16)25(31)26-19-12-10-18(11-13-19)24(30)28-23-22(17-7-3-2-4-8-17)27-21-9-5-6-14-29(21)23/h2-14,16,20H,15H2,1H3,(H,26,31)(H,28,30). The number of carbonyl (C=O) groups excluding carboxylic acids is 2. The van der Waals surface area contributed by atoms with Crippen LogP contribution in [0.5, 0.6) is 0 Å². The molecule has 6 heteroatoms. The molecule has 2 aromatic heterocycles. The Morgan fingerprint density at radius 2 is 1.65 bits per heavy atom. The van der Waals surface area contributed by atoms with Gasteiger partial charge in [0.05, 0.1) is 0 Å². The summed E-state index contributed by atoms with van der Waals surface area (Å²) in [6.07, 6.45) is 2.82. The highest BCUT2D eigenvalue weighted by molar-refractivity contribution is 6.06. The lowest BCUT2D eigenvalue weighted by molar-refractivity contribution is -0.117. The maximum atomic E-state index is 13.0. The largest absolute Gasteiger partial charge is 0.326 e. The molecule has 31 heavy (non-hydrogen) atoms. The normalized spacial score (nSPS) is 17.3. The van der Waals surface area contributed by atoms with E-state index in [0.717, 1.165) is 17.6 Å². The second kappa shape index (κ2) is 7.72. The van der Waals surface area contributed by atoms with E-state index in [0.29, 0.717) is 28.7 Å². The molecule has 5 rings (SSSR count). The zero-order valence-corrected chi connectivity index (χ0v) is 17.1. The van der Waals surface area contributed by atoms with E-state index in [1.807, 2.05) is 59.1 Å². The van der Waals surface area contributed by atoms with Crippen molar-refractivity contribution in [2.75, 3.05) is 10.6 Å². The van der Waals surface area contributed by atoms with E-state index < -0.39 is 0 Å². The van der Waals surface area contributed by atoms with Gasteiger partial charge >= 0.3 is 0 Å². The van der Waals surface area contributed by atoms with Gasteiger partial charge in [-0.2, -0.15) is 0 Å². The number of aromatic nitrogens is 2. The number of carbonyl (C=O) groups is 2. The fourth-order valence-corrected chi connectivity index (χ4v) is 3.72. The molecule has 2 atom stereocenters. The molecule has 1 aliphatic rings. The summed E-state index contributed by atoms with van der Waals surface area (Å²) in [6.45, 7) is 2.07. The van der Waals surface area contributed by atoms with Crippen molar-refractivity contribution in [2.45, 2.75) is 13.3 Å². The van der Waals surface area contributed by atoms with Crippen molar-refractivity contribution < 1.29 is 9.59 Å². The van der Waals surface area contributed by atoms with E-state index >= 15 is 0 Å². The monoisotopic (exact) mass is 410 g/mol. The number of benzene rings is 2. The molecule has 0 aliphatic heterocycles. The lowest BCUT2D eigenvalue weighted by Crippen LogP contribution is -2.16. The third-order valence-corrected chi connectivity index (χ3v) is 5.67. The second-order valence-electron chi connectivity index (χ2n) is 7.94. The van der Waals surface area contributed by atoms with E-state index in [1.54, 1.807) is 24.3 Å². The molecular weight excluding hydrogens is 388 g/mol. The van der Waals surface area contributed by atoms with Gasteiger partial charge in [-0.3, -0.25) is 14.0 Å². The first-order chi connectivity index (χ1) is 15.1. The molecule has 0 saturated heterocycles. The van der Waals surface area contributed by atoms with Crippen LogP contribution in [-0.4, -0.2) is 21.2 Å². The van der Waals surface area contributed by atoms with Crippen LogP contribution in [0.15, 0.2) is 79.0 Å². The molecule has 2 N–H and O–H groups in total. The highest BCUT2D eigenvalue weighted by Gasteiger charge is 2.39. The number of rotatable bonds is 5. The number of hydrogen-bond acceptors (Lipinski definition) is 3. The molecule has 6 nitrogen and oxygen atoms in total. The van der Waals surface area contributed by atoms with Gasteiger partial charge in [0.15, 0.2) is 0 Å². The van der Waals surface area contributed by atoms with Gasteiger partial charge in [0.25, 0.3) is 5.91 Å². The Labute approximate surface area is 179 Å². The lowest BCUT2D eigenvalue weighted by atomic mass is 10.1. The number of nitrogens with one attached hydrogen (secondary N) is 2. The van der Waals surface area contributed by atoms with Crippen molar-refractivity contribution in [3.05, 3.63) is 84.6 Å². The first-order valence-corrected chi connectivity index (χ1v) is 10.3. The van der Waals surface area contributed by atoms with Crippen LogP contribution in [0.25, 0.3) is 16.9 Å². The van der Waals surface area contributed by atoms with E-state index in [4.69, 9.17) is 4.98 Å². The van der Waals surface area contributed by atoms with Crippen molar-refractivity contribution >= 4 is 29.0 Å². The van der Waals surface area contributed by atoms with Gasteiger partial charge in [0.1, 0.15) is 17.2 Å². The van der Waals surface area contributed by atoms with Crippen LogP contribution in [0, 0.1) is 11.8 Å². The zero-order valence-electron chi connectivity index (χ0n) is 17.1. The van der Waals surface area contributed by atoms with Gasteiger partial charge in [-0.25, -0.2) is 4.98 Å².